The van der Waals surface area contributed by atoms with Crippen molar-refractivity contribution in [2.75, 3.05) is 20.2 Å². The Balaban J connectivity index is 2.15. The molecule has 0 bridgehead atoms. The van der Waals surface area contributed by atoms with E-state index in [9.17, 15) is 13.2 Å². The fraction of sp³-hybridized carbons (Fsp3) is 0.500. The highest BCUT2D eigenvalue weighted by atomic mass is 32.2. The molecule has 6 nitrogen and oxygen atoms in total. The van der Waals surface area contributed by atoms with Gasteiger partial charge in [0.15, 0.2) is 0 Å². The molecule has 0 saturated carbocycles. The van der Waals surface area contributed by atoms with Gasteiger partial charge in [0, 0.05) is 18.7 Å². The molecule has 7 heteroatoms. The van der Waals surface area contributed by atoms with Crippen LogP contribution in [-0.4, -0.2) is 38.8 Å². The van der Waals surface area contributed by atoms with Crippen molar-refractivity contribution in [1.29, 1.82) is 0 Å². The average molecular weight is 312 g/mol. The molecule has 0 radical (unpaired) electrons. The third-order valence-corrected chi connectivity index (χ3v) is 5.60. The van der Waals surface area contributed by atoms with Crippen LogP contribution in [0.4, 0.5) is 0 Å². The standard InChI is InChI=1S/C14H20N2O4S/c1-11-7-9-16(10-8-11)21(18,19)13-5-3-12(4-6-13)14(17)15-20-2/h3-6,11H,7-10H2,1-2H3,(H,15,17). The van der Waals surface area contributed by atoms with E-state index in [2.05, 4.69) is 17.2 Å². The van der Waals surface area contributed by atoms with Crippen LogP contribution in [0.15, 0.2) is 29.2 Å². The second kappa shape index (κ2) is 6.55. The molecule has 1 aliphatic rings. The Morgan fingerprint density at radius 2 is 1.81 bits per heavy atom. The Bertz CT molecular complexity index is 590. The summed E-state index contributed by atoms with van der Waals surface area (Å²) in [7, 11) is -2.13. The molecule has 116 valence electrons. The zero-order valence-electron chi connectivity index (χ0n) is 12.2. The van der Waals surface area contributed by atoms with Crippen LogP contribution in [0.1, 0.15) is 30.1 Å². The van der Waals surface area contributed by atoms with Crippen molar-refractivity contribution in [3.8, 4) is 0 Å². The number of nitrogens with zero attached hydrogens (tertiary/aromatic N) is 1. The maximum absolute atomic E-state index is 12.5. The molecule has 1 amide bonds. The van der Waals surface area contributed by atoms with Gasteiger partial charge in [0.1, 0.15) is 0 Å². The van der Waals surface area contributed by atoms with Gasteiger partial charge in [-0.15, -0.1) is 0 Å². The van der Waals surface area contributed by atoms with Crippen molar-refractivity contribution in [3.63, 3.8) is 0 Å². The van der Waals surface area contributed by atoms with Gasteiger partial charge < -0.3 is 0 Å². The summed E-state index contributed by atoms with van der Waals surface area (Å²) in [5.74, 6) is 0.157. The molecule has 1 aromatic rings. The normalized spacial score (nSPS) is 17.6. The SMILES string of the molecule is CONC(=O)c1ccc(S(=O)(=O)N2CCC(C)CC2)cc1. The summed E-state index contributed by atoms with van der Waals surface area (Å²) in [4.78, 5) is 16.3. The number of rotatable bonds is 4. The molecule has 0 spiro atoms. The summed E-state index contributed by atoms with van der Waals surface area (Å²) in [5, 5.41) is 0. The second-order valence-electron chi connectivity index (χ2n) is 5.25. The van der Waals surface area contributed by atoms with Crippen LogP contribution >= 0.6 is 0 Å². The van der Waals surface area contributed by atoms with E-state index in [0.717, 1.165) is 12.8 Å². The molecule has 0 aliphatic carbocycles. The van der Waals surface area contributed by atoms with Crippen LogP contribution in [0, 0.1) is 5.92 Å². The fourth-order valence-corrected chi connectivity index (χ4v) is 3.77. The maximum atomic E-state index is 12.5. The van der Waals surface area contributed by atoms with Crippen molar-refractivity contribution < 1.29 is 18.0 Å². The molecular weight excluding hydrogens is 292 g/mol. The predicted octanol–water partition coefficient (Wildman–Crippen LogP) is 1.40. The molecule has 1 fully saturated rings. The number of nitrogens with one attached hydrogen (secondary N) is 1. The lowest BCUT2D eigenvalue weighted by atomic mass is 10.0. The van der Waals surface area contributed by atoms with Gasteiger partial charge in [-0.1, -0.05) is 6.92 Å². The van der Waals surface area contributed by atoms with Crippen molar-refractivity contribution in [3.05, 3.63) is 29.8 Å². The Kier molecular flexibility index (Phi) is 4.97. The zero-order valence-corrected chi connectivity index (χ0v) is 13.0. The number of piperidine rings is 1. The van der Waals surface area contributed by atoms with E-state index in [1.807, 2.05) is 0 Å². The van der Waals surface area contributed by atoms with Crippen molar-refractivity contribution >= 4 is 15.9 Å². The number of hydroxylamine groups is 1. The van der Waals surface area contributed by atoms with Crippen LogP contribution in [0.25, 0.3) is 0 Å². The van der Waals surface area contributed by atoms with E-state index in [1.54, 1.807) is 0 Å². The number of carbonyl (C=O) groups excluding carboxylic acids is 1. The molecule has 21 heavy (non-hydrogen) atoms. The first-order valence-corrected chi connectivity index (χ1v) is 8.32. The monoisotopic (exact) mass is 312 g/mol. The van der Waals surface area contributed by atoms with E-state index >= 15 is 0 Å². The first kappa shape index (κ1) is 15.9. The van der Waals surface area contributed by atoms with Gasteiger partial charge in [-0.25, -0.2) is 13.9 Å². The first-order valence-electron chi connectivity index (χ1n) is 6.88. The number of sulfonamides is 1. The number of carbonyl (C=O) groups is 1. The summed E-state index contributed by atoms with van der Waals surface area (Å²) in [5.41, 5.74) is 2.54. The number of benzene rings is 1. The number of hydrogen-bond donors (Lipinski definition) is 1. The highest BCUT2D eigenvalue weighted by molar-refractivity contribution is 7.89. The fourth-order valence-electron chi connectivity index (χ4n) is 2.30. The van der Waals surface area contributed by atoms with Gasteiger partial charge in [0.05, 0.1) is 12.0 Å². The highest BCUT2D eigenvalue weighted by Gasteiger charge is 2.28. The van der Waals surface area contributed by atoms with Crippen molar-refractivity contribution in [1.82, 2.24) is 9.79 Å². The summed E-state index contributed by atoms with van der Waals surface area (Å²) >= 11 is 0. The van der Waals surface area contributed by atoms with Gasteiger partial charge in [-0.05, 0) is 43.0 Å². The van der Waals surface area contributed by atoms with Gasteiger partial charge in [0.25, 0.3) is 5.91 Å². The Morgan fingerprint density at radius 1 is 1.24 bits per heavy atom. The van der Waals surface area contributed by atoms with Crippen LogP contribution in [-0.2, 0) is 14.9 Å². The van der Waals surface area contributed by atoms with Crippen LogP contribution in [0.2, 0.25) is 0 Å². The minimum atomic E-state index is -3.47. The van der Waals surface area contributed by atoms with Gasteiger partial charge in [-0.2, -0.15) is 4.31 Å². The second-order valence-corrected chi connectivity index (χ2v) is 7.18. The lowest BCUT2D eigenvalue weighted by molar-refractivity contribution is 0.0537. The molecule has 1 aliphatic heterocycles. The molecule has 0 unspecified atom stereocenters. The third kappa shape index (κ3) is 3.61. The van der Waals surface area contributed by atoms with Gasteiger partial charge in [0.2, 0.25) is 10.0 Å². The van der Waals surface area contributed by atoms with E-state index in [-0.39, 0.29) is 4.90 Å². The molecule has 1 N–H and O–H groups in total. The van der Waals surface area contributed by atoms with E-state index < -0.39 is 15.9 Å². The minimum Gasteiger partial charge on any atom is -0.277 e. The van der Waals surface area contributed by atoms with Crippen LogP contribution in [0.3, 0.4) is 0 Å². The number of amides is 1. The predicted molar refractivity (Wildman–Crippen MR) is 78.1 cm³/mol. The van der Waals surface area contributed by atoms with Gasteiger partial charge in [-0.3, -0.25) is 9.63 Å². The summed E-state index contributed by atoms with van der Waals surface area (Å²) in [6, 6.07) is 5.87. The molecule has 2 rings (SSSR count). The van der Waals surface area contributed by atoms with E-state index in [4.69, 9.17) is 0 Å². The Hall–Kier alpha value is -1.44. The van der Waals surface area contributed by atoms with E-state index in [1.165, 1.54) is 35.7 Å². The third-order valence-electron chi connectivity index (χ3n) is 3.69. The van der Waals surface area contributed by atoms with Crippen LogP contribution < -0.4 is 5.48 Å². The summed E-state index contributed by atoms with van der Waals surface area (Å²) in [6.07, 6.45) is 1.76. The minimum absolute atomic E-state index is 0.214. The maximum Gasteiger partial charge on any atom is 0.274 e. The molecule has 1 aromatic carbocycles. The smallest absolute Gasteiger partial charge is 0.274 e. The zero-order chi connectivity index (χ0) is 15.5. The molecular formula is C14H20N2O4S. The lowest BCUT2D eigenvalue weighted by Crippen LogP contribution is -2.37. The quantitative estimate of drug-likeness (QED) is 0.853. The van der Waals surface area contributed by atoms with Crippen molar-refractivity contribution in [2.45, 2.75) is 24.7 Å². The Labute approximate surface area is 125 Å². The number of hydrogen-bond acceptors (Lipinski definition) is 4. The summed E-state index contributed by atoms with van der Waals surface area (Å²) < 4.78 is 26.5. The molecule has 1 heterocycles. The van der Waals surface area contributed by atoms with Crippen LogP contribution in [0.5, 0.6) is 0 Å². The molecule has 0 aromatic heterocycles. The highest BCUT2D eigenvalue weighted by Crippen LogP contribution is 2.23. The van der Waals surface area contributed by atoms with E-state index in [0.29, 0.717) is 24.6 Å². The Morgan fingerprint density at radius 3 is 2.33 bits per heavy atom. The molecule has 0 atom stereocenters. The average Bonchev–Trinajstić information content (AvgIpc) is 2.48. The van der Waals surface area contributed by atoms with Crippen molar-refractivity contribution in [2.24, 2.45) is 5.92 Å². The molecule has 1 saturated heterocycles. The largest absolute Gasteiger partial charge is 0.277 e. The van der Waals surface area contributed by atoms with Gasteiger partial charge >= 0.3 is 0 Å². The summed E-state index contributed by atoms with van der Waals surface area (Å²) in [6.45, 7) is 3.23. The first-order chi connectivity index (χ1) is 9.95. The topological polar surface area (TPSA) is 75.7 Å². The lowest BCUT2D eigenvalue weighted by Gasteiger charge is -2.29.